The number of halogens is 1. The smallest absolute Gasteiger partial charge is 0.174 e. The van der Waals surface area contributed by atoms with Crippen molar-refractivity contribution in [3.8, 4) is 11.5 Å². The summed E-state index contributed by atoms with van der Waals surface area (Å²) in [6.07, 6.45) is 0.160. The molecule has 0 amide bonds. The van der Waals surface area contributed by atoms with Crippen LogP contribution in [0.15, 0.2) is 12.1 Å². The fourth-order valence-corrected chi connectivity index (χ4v) is 1.32. The second-order valence-electron chi connectivity index (χ2n) is 2.79. The predicted molar refractivity (Wildman–Crippen MR) is 42.5 cm³/mol. The lowest BCUT2D eigenvalue weighted by molar-refractivity contribution is 0.0924. The van der Waals surface area contributed by atoms with Crippen LogP contribution < -0.4 is 4.74 Å². The van der Waals surface area contributed by atoms with Gasteiger partial charge in [0, 0.05) is 6.42 Å². The maximum atomic E-state index is 13.1. The third kappa shape index (κ3) is 1.14. The molecule has 0 bridgehead atoms. The fraction of sp³-hybridized carbons (Fsp3) is 0.222. The lowest BCUT2D eigenvalue weighted by atomic mass is 10.0. The first-order valence-corrected chi connectivity index (χ1v) is 3.87. The number of ether oxygens (including phenoxy) is 1. The van der Waals surface area contributed by atoms with E-state index in [1.807, 2.05) is 0 Å². The molecule has 0 aliphatic carbocycles. The third-order valence-electron chi connectivity index (χ3n) is 1.94. The Morgan fingerprint density at radius 3 is 2.92 bits per heavy atom. The molecule has 0 atom stereocenters. The molecule has 0 unspecified atom stereocenters. The Labute approximate surface area is 73.8 Å². The zero-order valence-corrected chi connectivity index (χ0v) is 6.71. The molecule has 1 N–H and O–H groups in total. The van der Waals surface area contributed by atoms with Gasteiger partial charge in [-0.05, 0) is 12.1 Å². The van der Waals surface area contributed by atoms with Crippen molar-refractivity contribution in [3.63, 3.8) is 0 Å². The maximum absolute atomic E-state index is 13.1. The van der Waals surface area contributed by atoms with E-state index in [1.165, 1.54) is 6.07 Å². The maximum Gasteiger partial charge on any atom is 0.174 e. The quantitative estimate of drug-likeness (QED) is 0.661. The van der Waals surface area contributed by atoms with Crippen LogP contribution in [-0.2, 0) is 0 Å². The minimum atomic E-state index is -0.641. The van der Waals surface area contributed by atoms with Crippen LogP contribution in [0.5, 0.6) is 11.5 Å². The SMILES string of the molecule is O=C1CCOc2c(O)ccc(F)c21. The fourth-order valence-electron chi connectivity index (χ4n) is 1.32. The van der Waals surface area contributed by atoms with Crippen molar-refractivity contribution >= 4 is 5.78 Å². The van der Waals surface area contributed by atoms with Gasteiger partial charge >= 0.3 is 0 Å². The van der Waals surface area contributed by atoms with E-state index in [1.54, 1.807) is 0 Å². The van der Waals surface area contributed by atoms with Gasteiger partial charge in [-0.15, -0.1) is 0 Å². The molecule has 13 heavy (non-hydrogen) atoms. The largest absolute Gasteiger partial charge is 0.504 e. The van der Waals surface area contributed by atoms with Gasteiger partial charge in [0.2, 0.25) is 0 Å². The first-order valence-electron chi connectivity index (χ1n) is 3.87. The minimum absolute atomic E-state index is 0.0312. The van der Waals surface area contributed by atoms with Gasteiger partial charge in [0.05, 0.1) is 12.2 Å². The lowest BCUT2D eigenvalue weighted by Crippen LogP contribution is -2.16. The molecule has 0 saturated heterocycles. The second kappa shape index (κ2) is 2.73. The number of phenols is 1. The Morgan fingerprint density at radius 2 is 2.23 bits per heavy atom. The molecule has 68 valence electrons. The zero-order chi connectivity index (χ0) is 9.42. The highest BCUT2D eigenvalue weighted by Gasteiger charge is 2.25. The van der Waals surface area contributed by atoms with Crippen LogP contribution in [0.1, 0.15) is 16.8 Å². The van der Waals surface area contributed by atoms with Crippen LogP contribution >= 0.6 is 0 Å². The monoisotopic (exact) mass is 182 g/mol. The van der Waals surface area contributed by atoms with E-state index in [4.69, 9.17) is 4.74 Å². The summed E-state index contributed by atoms with van der Waals surface area (Å²) in [5, 5.41) is 9.25. The van der Waals surface area contributed by atoms with Gasteiger partial charge in [0.25, 0.3) is 0 Å². The number of hydrogen-bond acceptors (Lipinski definition) is 3. The number of carbonyl (C=O) groups is 1. The number of ketones is 1. The van der Waals surface area contributed by atoms with E-state index in [9.17, 15) is 14.3 Å². The molecule has 0 aromatic heterocycles. The highest BCUT2D eigenvalue weighted by Crippen LogP contribution is 2.35. The van der Waals surface area contributed by atoms with Crippen molar-refractivity contribution in [2.24, 2.45) is 0 Å². The summed E-state index contributed by atoms with van der Waals surface area (Å²) in [5.41, 5.74) is -0.133. The van der Waals surface area contributed by atoms with Crippen LogP contribution in [0.4, 0.5) is 4.39 Å². The molecule has 1 aliphatic heterocycles. The van der Waals surface area contributed by atoms with Gasteiger partial charge in [0.15, 0.2) is 17.3 Å². The first-order chi connectivity index (χ1) is 6.20. The van der Waals surface area contributed by atoms with Crippen LogP contribution in [0.25, 0.3) is 0 Å². The van der Waals surface area contributed by atoms with E-state index >= 15 is 0 Å². The molecule has 2 rings (SSSR count). The second-order valence-corrected chi connectivity index (χ2v) is 2.79. The Hall–Kier alpha value is -1.58. The Morgan fingerprint density at radius 1 is 1.46 bits per heavy atom. The highest BCUT2D eigenvalue weighted by molar-refractivity contribution is 6.00. The molecule has 1 aromatic carbocycles. The minimum Gasteiger partial charge on any atom is -0.504 e. The number of hydrogen-bond donors (Lipinski definition) is 1. The van der Waals surface area contributed by atoms with Crippen LogP contribution in [0.2, 0.25) is 0 Å². The number of rotatable bonds is 0. The average molecular weight is 182 g/mol. The van der Waals surface area contributed by atoms with Crippen molar-refractivity contribution in [1.82, 2.24) is 0 Å². The average Bonchev–Trinajstić information content (AvgIpc) is 2.12. The van der Waals surface area contributed by atoms with E-state index in [0.717, 1.165) is 6.07 Å². The Balaban J connectivity index is 2.67. The molecule has 4 heteroatoms. The van der Waals surface area contributed by atoms with Crippen LogP contribution in [-0.4, -0.2) is 17.5 Å². The van der Waals surface area contributed by atoms with E-state index in [2.05, 4.69) is 0 Å². The number of benzene rings is 1. The van der Waals surface area contributed by atoms with Gasteiger partial charge in [-0.25, -0.2) is 4.39 Å². The predicted octanol–water partition coefficient (Wildman–Crippen LogP) is 1.50. The van der Waals surface area contributed by atoms with Crippen molar-refractivity contribution in [3.05, 3.63) is 23.5 Å². The van der Waals surface area contributed by atoms with Crippen molar-refractivity contribution in [2.75, 3.05) is 6.61 Å². The van der Waals surface area contributed by atoms with Crippen molar-refractivity contribution < 1.29 is 19.0 Å². The van der Waals surface area contributed by atoms with Gasteiger partial charge in [0.1, 0.15) is 5.82 Å². The molecule has 0 radical (unpaired) electrons. The third-order valence-corrected chi connectivity index (χ3v) is 1.94. The molecular formula is C9H7FO3. The number of fused-ring (bicyclic) bond motifs is 1. The van der Waals surface area contributed by atoms with Crippen LogP contribution in [0.3, 0.4) is 0 Å². The normalized spacial score (nSPS) is 15.0. The van der Waals surface area contributed by atoms with Gasteiger partial charge in [-0.3, -0.25) is 4.79 Å². The molecule has 1 heterocycles. The lowest BCUT2D eigenvalue weighted by Gasteiger charge is -2.17. The summed E-state index contributed by atoms with van der Waals surface area (Å²) < 4.78 is 18.1. The zero-order valence-electron chi connectivity index (χ0n) is 6.71. The molecule has 1 aliphatic rings. The van der Waals surface area contributed by atoms with Crippen LogP contribution in [0, 0.1) is 5.82 Å². The summed E-state index contributed by atoms with van der Waals surface area (Å²) in [7, 11) is 0. The topological polar surface area (TPSA) is 46.5 Å². The van der Waals surface area contributed by atoms with Gasteiger partial charge < -0.3 is 9.84 Å². The van der Waals surface area contributed by atoms with Crippen molar-refractivity contribution in [1.29, 1.82) is 0 Å². The Kier molecular flexibility index (Phi) is 1.69. The highest BCUT2D eigenvalue weighted by atomic mass is 19.1. The summed E-state index contributed by atoms with van der Waals surface area (Å²) in [5.74, 6) is -1.19. The molecular weight excluding hydrogens is 175 g/mol. The standard InChI is InChI=1S/C9H7FO3/c10-5-1-2-7(12)9-8(5)6(11)3-4-13-9/h1-2,12H,3-4H2. The number of aromatic hydroxyl groups is 1. The molecule has 0 spiro atoms. The Bertz CT molecular complexity index is 373. The summed E-state index contributed by atoms with van der Waals surface area (Å²) in [4.78, 5) is 11.2. The van der Waals surface area contributed by atoms with Crippen molar-refractivity contribution in [2.45, 2.75) is 6.42 Å². The molecule has 0 fully saturated rings. The first kappa shape index (κ1) is 8.04. The number of carbonyl (C=O) groups excluding carboxylic acids is 1. The summed E-state index contributed by atoms with van der Waals surface area (Å²) in [6, 6.07) is 2.23. The summed E-state index contributed by atoms with van der Waals surface area (Å²) >= 11 is 0. The molecule has 3 nitrogen and oxygen atoms in total. The number of phenolic OH excluding ortho intramolecular Hbond substituents is 1. The van der Waals surface area contributed by atoms with Gasteiger partial charge in [-0.2, -0.15) is 0 Å². The van der Waals surface area contributed by atoms with E-state index in [-0.39, 0.29) is 35.9 Å². The van der Waals surface area contributed by atoms with E-state index in [0.29, 0.717) is 0 Å². The number of Topliss-reactive ketones (excluding diaryl/α,β-unsaturated/α-hetero) is 1. The summed E-state index contributed by atoms with van der Waals surface area (Å²) in [6.45, 7) is 0.197. The molecule has 1 aromatic rings. The van der Waals surface area contributed by atoms with E-state index < -0.39 is 5.82 Å². The molecule has 0 saturated carbocycles. The van der Waals surface area contributed by atoms with Gasteiger partial charge in [-0.1, -0.05) is 0 Å².